The minimum absolute atomic E-state index is 0.0218. The van der Waals surface area contributed by atoms with Crippen LogP contribution in [0.5, 0.6) is 0 Å². The van der Waals surface area contributed by atoms with Crippen LogP contribution >= 0.6 is 0 Å². The van der Waals surface area contributed by atoms with Gasteiger partial charge in [0.05, 0.1) is 13.0 Å². The molecule has 1 N–H and O–H groups in total. The topological polar surface area (TPSA) is 38.3 Å². The number of methoxy groups -OCH3 is 1. The van der Waals surface area contributed by atoms with E-state index in [4.69, 9.17) is 4.74 Å². The van der Waals surface area contributed by atoms with E-state index >= 15 is 0 Å². The summed E-state index contributed by atoms with van der Waals surface area (Å²) in [4.78, 5) is 11.3. The van der Waals surface area contributed by atoms with Crippen LogP contribution < -0.4 is 5.32 Å². The smallest absolute Gasteiger partial charge is 0.309 e. The van der Waals surface area contributed by atoms with Crippen LogP contribution in [0.3, 0.4) is 0 Å². The van der Waals surface area contributed by atoms with Gasteiger partial charge in [0.25, 0.3) is 0 Å². The molecule has 1 rings (SSSR count). The third-order valence-electron chi connectivity index (χ3n) is 3.62. The molecule has 0 aromatic rings. The Labute approximate surface area is 98.9 Å². The predicted molar refractivity (Wildman–Crippen MR) is 65.2 cm³/mol. The van der Waals surface area contributed by atoms with Crippen LogP contribution in [0.15, 0.2) is 0 Å². The van der Waals surface area contributed by atoms with E-state index in [1.54, 1.807) is 0 Å². The predicted octanol–water partition coefficient (Wildman–Crippen LogP) is 2.36. The maximum atomic E-state index is 11.3. The first-order valence-corrected chi connectivity index (χ1v) is 6.56. The molecule has 1 saturated carbocycles. The summed E-state index contributed by atoms with van der Waals surface area (Å²) in [6.07, 6.45) is 7.72. The SMILES string of the molecule is CCC(CNCCC1CCCC1)C(=O)OC. The van der Waals surface area contributed by atoms with Crippen LogP contribution in [0.1, 0.15) is 45.4 Å². The molecular weight excluding hydrogens is 202 g/mol. The summed E-state index contributed by atoms with van der Waals surface area (Å²) in [7, 11) is 1.46. The zero-order chi connectivity index (χ0) is 11.8. The van der Waals surface area contributed by atoms with Crippen molar-refractivity contribution in [3.63, 3.8) is 0 Å². The first kappa shape index (κ1) is 13.5. The quantitative estimate of drug-likeness (QED) is 0.536. The lowest BCUT2D eigenvalue weighted by Gasteiger charge is -2.14. The minimum Gasteiger partial charge on any atom is -0.469 e. The molecule has 0 heterocycles. The van der Waals surface area contributed by atoms with Gasteiger partial charge in [-0.1, -0.05) is 32.6 Å². The van der Waals surface area contributed by atoms with Gasteiger partial charge in [-0.15, -0.1) is 0 Å². The van der Waals surface area contributed by atoms with Gasteiger partial charge in [0, 0.05) is 6.54 Å². The lowest BCUT2D eigenvalue weighted by Crippen LogP contribution is -2.30. The molecule has 0 radical (unpaired) electrons. The largest absolute Gasteiger partial charge is 0.469 e. The maximum absolute atomic E-state index is 11.3. The van der Waals surface area contributed by atoms with Gasteiger partial charge in [-0.2, -0.15) is 0 Å². The molecule has 1 aliphatic carbocycles. The molecule has 94 valence electrons. The molecule has 0 saturated heterocycles. The number of hydrogen-bond donors (Lipinski definition) is 1. The van der Waals surface area contributed by atoms with Crippen LogP contribution in [-0.2, 0) is 9.53 Å². The van der Waals surface area contributed by atoms with E-state index in [-0.39, 0.29) is 11.9 Å². The Bertz CT molecular complexity index is 200. The van der Waals surface area contributed by atoms with E-state index in [9.17, 15) is 4.79 Å². The zero-order valence-electron chi connectivity index (χ0n) is 10.6. The molecule has 16 heavy (non-hydrogen) atoms. The maximum Gasteiger partial charge on any atom is 0.309 e. The van der Waals surface area contributed by atoms with E-state index in [1.165, 1.54) is 39.2 Å². The molecule has 1 atom stereocenters. The Morgan fingerprint density at radius 3 is 2.69 bits per heavy atom. The van der Waals surface area contributed by atoms with E-state index in [0.29, 0.717) is 0 Å². The second-order valence-electron chi connectivity index (χ2n) is 4.77. The molecule has 3 heteroatoms. The number of rotatable bonds is 7. The van der Waals surface area contributed by atoms with Crippen LogP contribution in [-0.4, -0.2) is 26.2 Å². The highest BCUT2D eigenvalue weighted by atomic mass is 16.5. The van der Waals surface area contributed by atoms with Crippen molar-refractivity contribution in [2.24, 2.45) is 11.8 Å². The Balaban J connectivity index is 2.06. The van der Waals surface area contributed by atoms with E-state index in [2.05, 4.69) is 5.32 Å². The Kier molecular flexibility index (Phi) is 6.46. The van der Waals surface area contributed by atoms with Gasteiger partial charge in [-0.05, 0) is 25.3 Å². The van der Waals surface area contributed by atoms with Gasteiger partial charge in [-0.25, -0.2) is 0 Å². The van der Waals surface area contributed by atoms with Crippen molar-refractivity contribution in [1.29, 1.82) is 0 Å². The summed E-state index contributed by atoms with van der Waals surface area (Å²) in [5, 5.41) is 3.38. The fourth-order valence-electron chi connectivity index (χ4n) is 2.44. The first-order chi connectivity index (χ1) is 7.77. The summed E-state index contributed by atoms with van der Waals surface area (Å²) in [6.45, 7) is 3.83. The van der Waals surface area contributed by atoms with Crippen molar-refractivity contribution in [2.45, 2.75) is 45.4 Å². The van der Waals surface area contributed by atoms with Gasteiger partial charge in [0.1, 0.15) is 0 Å². The highest BCUT2D eigenvalue weighted by Crippen LogP contribution is 2.26. The number of hydrogen-bond acceptors (Lipinski definition) is 3. The highest BCUT2D eigenvalue weighted by molar-refractivity contribution is 5.72. The molecule has 1 unspecified atom stereocenters. The fraction of sp³-hybridized carbons (Fsp3) is 0.923. The van der Waals surface area contributed by atoms with Crippen LogP contribution in [0.2, 0.25) is 0 Å². The lowest BCUT2D eigenvalue weighted by atomic mass is 10.0. The number of ether oxygens (including phenoxy) is 1. The third kappa shape index (κ3) is 4.52. The Hall–Kier alpha value is -0.570. The number of carbonyl (C=O) groups is 1. The van der Waals surface area contributed by atoms with Gasteiger partial charge in [0.2, 0.25) is 0 Å². The highest BCUT2D eigenvalue weighted by Gasteiger charge is 2.17. The lowest BCUT2D eigenvalue weighted by molar-refractivity contribution is -0.145. The summed E-state index contributed by atoms with van der Waals surface area (Å²) in [5.74, 6) is 0.857. The molecule has 0 aromatic heterocycles. The number of esters is 1. The molecule has 0 bridgehead atoms. The van der Waals surface area contributed by atoms with Crippen molar-refractivity contribution in [1.82, 2.24) is 5.32 Å². The standard InChI is InChI=1S/C13H25NO2/c1-3-12(13(15)16-2)10-14-9-8-11-6-4-5-7-11/h11-12,14H,3-10H2,1-2H3. The van der Waals surface area contributed by atoms with Gasteiger partial charge >= 0.3 is 5.97 Å². The van der Waals surface area contributed by atoms with Crippen LogP contribution in [0.25, 0.3) is 0 Å². The molecule has 1 aliphatic rings. The second-order valence-corrected chi connectivity index (χ2v) is 4.77. The second kappa shape index (κ2) is 7.66. The average Bonchev–Trinajstić information content (AvgIpc) is 2.81. The molecule has 0 spiro atoms. The molecule has 1 fully saturated rings. The van der Waals surface area contributed by atoms with E-state index in [1.807, 2.05) is 6.92 Å². The van der Waals surface area contributed by atoms with Crippen molar-refractivity contribution in [3.8, 4) is 0 Å². The van der Waals surface area contributed by atoms with E-state index in [0.717, 1.165) is 25.4 Å². The zero-order valence-corrected chi connectivity index (χ0v) is 10.6. The van der Waals surface area contributed by atoms with Crippen molar-refractivity contribution < 1.29 is 9.53 Å². The van der Waals surface area contributed by atoms with Gasteiger partial charge < -0.3 is 10.1 Å². The number of nitrogens with one attached hydrogen (secondary N) is 1. The summed E-state index contributed by atoms with van der Waals surface area (Å²) in [5.41, 5.74) is 0. The van der Waals surface area contributed by atoms with Crippen molar-refractivity contribution in [2.75, 3.05) is 20.2 Å². The number of carbonyl (C=O) groups excluding carboxylic acids is 1. The van der Waals surface area contributed by atoms with Crippen LogP contribution in [0, 0.1) is 11.8 Å². The van der Waals surface area contributed by atoms with Crippen LogP contribution in [0.4, 0.5) is 0 Å². The minimum atomic E-state index is -0.0872. The van der Waals surface area contributed by atoms with Gasteiger partial charge in [0.15, 0.2) is 0 Å². The van der Waals surface area contributed by atoms with Gasteiger partial charge in [-0.3, -0.25) is 4.79 Å². The Morgan fingerprint density at radius 1 is 1.44 bits per heavy atom. The molecule has 0 amide bonds. The third-order valence-corrected chi connectivity index (χ3v) is 3.62. The van der Waals surface area contributed by atoms with Crippen molar-refractivity contribution in [3.05, 3.63) is 0 Å². The molecule has 0 aromatic carbocycles. The molecule has 0 aliphatic heterocycles. The van der Waals surface area contributed by atoms with Crippen molar-refractivity contribution >= 4 is 5.97 Å². The average molecular weight is 227 g/mol. The molecular formula is C13H25NO2. The molecule has 3 nitrogen and oxygen atoms in total. The summed E-state index contributed by atoms with van der Waals surface area (Å²) < 4.78 is 4.75. The summed E-state index contributed by atoms with van der Waals surface area (Å²) >= 11 is 0. The monoisotopic (exact) mass is 227 g/mol. The normalized spacial score (nSPS) is 18.6. The summed E-state index contributed by atoms with van der Waals surface area (Å²) in [6, 6.07) is 0. The van der Waals surface area contributed by atoms with E-state index < -0.39 is 0 Å². The first-order valence-electron chi connectivity index (χ1n) is 6.56. The fourth-order valence-corrected chi connectivity index (χ4v) is 2.44. The Morgan fingerprint density at radius 2 is 2.12 bits per heavy atom.